The molecule has 4 N–H and O–H groups in total. The van der Waals surface area contributed by atoms with Crippen LogP contribution in [0, 0.1) is 29.1 Å². The van der Waals surface area contributed by atoms with Gasteiger partial charge in [0.15, 0.2) is 12.1 Å². The van der Waals surface area contributed by atoms with E-state index in [4.69, 9.17) is 10.5 Å². The lowest BCUT2D eigenvalue weighted by Gasteiger charge is -2.40. The number of ether oxygens (including phenoxy) is 1. The molecule has 1 fully saturated rings. The van der Waals surface area contributed by atoms with Crippen LogP contribution < -0.4 is 16.6 Å². The fourth-order valence-corrected chi connectivity index (χ4v) is 4.39. The van der Waals surface area contributed by atoms with Crippen LogP contribution in [0.3, 0.4) is 0 Å². The smallest absolute Gasteiger partial charge is 0.200 e. The zero-order valence-corrected chi connectivity index (χ0v) is 13.5. The number of hydrogen-bond acceptors (Lipinski definition) is 5. The van der Waals surface area contributed by atoms with Gasteiger partial charge in [-0.25, -0.2) is 10.9 Å². The number of nitrogens with two attached hydrogens (primary N) is 1. The van der Waals surface area contributed by atoms with Crippen molar-refractivity contribution in [1.29, 1.82) is 5.26 Å². The summed E-state index contributed by atoms with van der Waals surface area (Å²) in [6.07, 6.45) is 7.40. The molecule has 4 rings (SSSR count). The summed E-state index contributed by atoms with van der Waals surface area (Å²) in [5, 5.41) is 9.71. The average molecular weight is 322 g/mol. The minimum Gasteiger partial charge on any atom is -0.458 e. The van der Waals surface area contributed by atoms with Crippen LogP contribution in [0.25, 0.3) is 0 Å². The molecule has 0 spiro atoms. The average Bonchev–Trinajstić information content (AvgIpc) is 3.05. The highest BCUT2D eigenvalue weighted by atomic mass is 16.5. The number of nitrogens with zero attached hydrogens (tertiary/aromatic N) is 1. The summed E-state index contributed by atoms with van der Waals surface area (Å²) >= 11 is 0. The largest absolute Gasteiger partial charge is 0.458 e. The monoisotopic (exact) mass is 322 g/mol. The molecule has 1 aromatic rings. The summed E-state index contributed by atoms with van der Waals surface area (Å²) in [6.45, 7) is 0. The highest BCUT2D eigenvalue weighted by Gasteiger charge is 2.50. The molecular weight excluding hydrogens is 300 g/mol. The van der Waals surface area contributed by atoms with Crippen molar-refractivity contribution in [3.05, 3.63) is 59.5 Å². The standard InChI is InChI=1S/C19H22N4O/c20-11-14-15(12-7-3-1-4-8-12)16-17(13-9-5-2-6-10-13)22-23-19(16)24-18(14)21/h1-3,5-6,9-10,12,15-17,19,22-23H,4,7-8,21H2. The van der Waals surface area contributed by atoms with Crippen molar-refractivity contribution in [3.63, 3.8) is 0 Å². The van der Waals surface area contributed by atoms with E-state index in [-0.39, 0.29) is 30.0 Å². The summed E-state index contributed by atoms with van der Waals surface area (Å²) in [6, 6.07) is 12.8. The molecule has 2 heterocycles. The Labute approximate surface area is 142 Å². The second kappa shape index (κ2) is 6.31. The van der Waals surface area contributed by atoms with E-state index in [0.717, 1.165) is 19.3 Å². The Morgan fingerprint density at radius 2 is 2.00 bits per heavy atom. The molecule has 5 atom stereocenters. The fraction of sp³-hybridized carbons (Fsp3) is 0.421. The van der Waals surface area contributed by atoms with E-state index < -0.39 is 0 Å². The molecule has 0 bridgehead atoms. The van der Waals surface area contributed by atoms with Gasteiger partial charge in [-0.1, -0.05) is 42.5 Å². The van der Waals surface area contributed by atoms with Crippen LogP contribution in [-0.2, 0) is 4.74 Å². The first kappa shape index (κ1) is 15.3. The zero-order chi connectivity index (χ0) is 16.5. The van der Waals surface area contributed by atoms with E-state index in [1.807, 2.05) is 18.2 Å². The molecule has 0 amide bonds. The van der Waals surface area contributed by atoms with Gasteiger partial charge in [0.25, 0.3) is 0 Å². The van der Waals surface area contributed by atoms with Crippen LogP contribution in [0.5, 0.6) is 0 Å². The third kappa shape index (κ3) is 2.48. The third-order valence-corrected chi connectivity index (χ3v) is 5.48. The molecule has 1 aromatic carbocycles. The molecule has 0 radical (unpaired) electrons. The molecule has 24 heavy (non-hydrogen) atoms. The molecule has 2 aliphatic heterocycles. The van der Waals surface area contributed by atoms with Gasteiger partial charge in [-0.2, -0.15) is 5.26 Å². The zero-order valence-electron chi connectivity index (χ0n) is 13.5. The van der Waals surface area contributed by atoms with Crippen molar-refractivity contribution < 1.29 is 4.74 Å². The van der Waals surface area contributed by atoms with Gasteiger partial charge in [0.1, 0.15) is 6.07 Å². The van der Waals surface area contributed by atoms with Gasteiger partial charge in [0, 0.05) is 11.8 Å². The van der Waals surface area contributed by atoms with Gasteiger partial charge >= 0.3 is 0 Å². The number of rotatable bonds is 2. The predicted octanol–water partition coefficient (Wildman–Crippen LogP) is 2.47. The van der Waals surface area contributed by atoms with E-state index >= 15 is 0 Å². The molecule has 1 aliphatic carbocycles. The molecule has 1 saturated heterocycles. The van der Waals surface area contributed by atoms with Crippen molar-refractivity contribution >= 4 is 0 Å². The first-order valence-corrected chi connectivity index (χ1v) is 8.57. The molecule has 0 saturated carbocycles. The maximum Gasteiger partial charge on any atom is 0.200 e. The van der Waals surface area contributed by atoms with Crippen LogP contribution in [0.2, 0.25) is 0 Å². The number of hydrogen-bond donors (Lipinski definition) is 3. The minimum atomic E-state index is -0.205. The van der Waals surface area contributed by atoms with E-state index in [2.05, 4.69) is 41.2 Å². The molecule has 5 unspecified atom stereocenters. The quantitative estimate of drug-likeness (QED) is 0.729. The number of hydrazine groups is 1. The second-order valence-corrected chi connectivity index (χ2v) is 6.75. The van der Waals surface area contributed by atoms with Crippen molar-refractivity contribution in [1.82, 2.24) is 10.9 Å². The van der Waals surface area contributed by atoms with Gasteiger partial charge in [-0.3, -0.25) is 0 Å². The van der Waals surface area contributed by atoms with Crippen LogP contribution >= 0.6 is 0 Å². The summed E-state index contributed by atoms with van der Waals surface area (Å²) < 4.78 is 5.83. The SMILES string of the molecule is N#CC1=C(N)OC2NNC(c3ccccc3)C2C1C1CC=CCC1. The van der Waals surface area contributed by atoms with Crippen molar-refractivity contribution in [3.8, 4) is 6.07 Å². The number of allylic oxidation sites excluding steroid dienone is 3. The Hall–Kier alpha value is -2.29. The highest BCUT2D eigenvalue weighted by Crippen LogP contribution is 2.47. The maximum atomic E-state index is 9.71. The van der Waals surface area contributed by atoms with Gasteiger partial charge < -0.3 is 10.5 Å². The molecule has 5 heteroatoms. The normalized spacial score (nSPS) is 35.2. The summed E-state index contributed by atoms with van der Waals surface area (Å²) in [7, 11) is 0. The number of fused-ring (bicyclic) bond motifs is 1. The summed E-state index contributed by atoms with van der Waals surface area (Å²) in [4.78, 5) is 0. The predicted molar refractivity (Wildman–Crippen MR) is 90.6 cm³/mol. The van der Waals surface area contributed by atoms with Crippen LogP contribution in [0.15, 0.2) is 53.9 Å². The molecule has 0 aromatic heterocycles. The van der Waals surface area contributed by atoms with E-state index in [0.29, 0.717) is 11.5 Å². The summed E-state index contributed by atoms with van der Waals surface area (Å²) in [5.74, 6) is 0.950. The van der Waals surface area contributed by atoms with Gasteiger partial charge in [-0.15, -0.1) is 0 Å². The van der Waals surface area contributed by atoms with Gasteiger partial charge in [0.2, 0.25) is 0 Å². The lowest BCUT2D eigenvalue weighted by molar-refractivity contribution is 0.00482. The third-order valence-electron chi connectivity index (χ3n) is 5.48. The Balaban J connectivity index is 1.74. The Morgan fingerprint density at radius 1 is 1.17 bits per heavy atom. The van der Waals surface area contributed by atoms with Crippen molar-refractivity contribution in [2.45, 2.75) is 31.5 Å². The number of nitriles is 1. The van der Waals surface area contributed by atoms with E-state index in [1.54, 1.807) is 0 Å². The molecule has 3 aliphatic rings. The molecular formula is C19H22N4O. The van der Waals surface area contributed by atoms with Crippen molar-refractivity contribution in [2.24, 2.45) is 23.5 Å². The fourth-order valence-electron chi connectivity index (χ4n) is 4.39. The summed E-state index contributed by atoms with van der Waals surface area (Å²) in [5.41, 5.74) is 14.5. The Kier molecular flexibility index (Phi) is 4.01. The lowest BCUT2D eigenvalue weighted by Crippen LogP contribution is -2.44. The number of nitrogens with one attached hydrogen (secondary N) is 2. The van der Waals surface area contributed by atoms with Crippen LogP contribution in [0.1, 0.15) is 30.9 Å². The Morgan fingerprint density at radius 3 is 2.71 bits per heavy atom. The second-order valence-electron chi connectivity index (χ2n) is 6.75. The Bertz CT molecular complexity index is 706. The van der Waals surface area contributed by atoms with Gasteiger partial charge in [-0.05, 0) is 30.7 Å². The first-order chi connectivity index (χ1) is 11.8. The molecule has 124 valence electrons. The maximum absolute atomic E-state index is 9.71. The van der Waals surface area contributed by atoms with E-state index in [9.17, 15) is 5.26 Å². The van der Waals surface area contributed by atoms with E-state index in [1.165, 1.54) is 5.56 Å². The lowest BCUT2D eigenvalue weighted by atomic mass is 9.68. The highest BCUT2D eigenvalue weighted by molar-refractivity contribution is 5.33. The first-order valence-electron chi connectivity index (χ1n) is 8.57. The topological polar surface area (TPSA) is 83.1 Å². The molecule has 5 nitrogen and oxygen atoms in total. The minimum absolute atomic E-state index is 0.101. The van der Waals surface area contributed by atoms with Crippen molar-refractivity contribution in [2.75, 3.05) is 0 Å². The van der Waals surface area contributed by atoms with Crippen LogP contribution in [0.4, 0.5) is 0 Å². The van der Waals surface area contributed by atoms with Crippen LogP contribution in [-0.4, -0.2) is 6.23 Å². The number of benzene rings is 1. The van der Waals surface area contributed by atoms with Gasteiger partial charge in [0.05, 0.1) is 11.6 Å².